The molecule has 0 heterocycles. The van der Waals surface area contributed by atoms with Crippen LogP contribution in [-0.4, -0.2) is 19.0 Å². The van der Waals surface area contributed by atoms with Crippen molar-refractivity contribution in [2.45, 2.75) is 51.9 Å². The summed E-state index contributed by atoms with van der Waals surface area (Å²) in [6, 6.07) is 0. The van der Waals surface area contributed by atoms with E-state index in [0.717, 1.165) is 5.88 Å². The summed E-state index contributed by atoms with van der Waals surface area (Å²) in [6.45, 7) is 4.63. The van der Waals surface area contributed by atoms with Crippen molar-refractivity contribution in [3.63, 3.8) is 0 Å². The lowest BCUT2D eigenvalue weighted by atomic mass is 10.2. The summed E-state index contributed by atoms with van der Waals surface area (Å²) in [5.41, 5.74) is 0. The van der Waals surface area contributed by atoms with Crippen molar-refractivity contribution in [2.75, 3.05) is 19.0 Å². The Morgan fingerprint density at radius 3 is 2.08 bits per heavy atom. The average molecular weight is 206 g/mol. The van der Waals surface area contributed by atoms with Crippen molar-refractivity contribution < 1.29 is 0 Å². The Bertz CT molecular complexity index is 76.2. The van der Waals surface area contributed by atoms with Gasteiger partial charge in [0.15, 0.2) is 0 Å². The van der Waals surface area contributed by atoms with Gasteiger partial charge >= 0.3 is 0 Å². The van der Waals surface area contributed by atoms with Gasteiger partial charge in [-0.3, -0.25) is 0 Å². The van der Waals surface area contributed by atoms with Gasteiger partial charge in [-0.15, -0.1) is 11.6 Å². The molecule has 0 aromatic carbocycles. The first-order chi connectivity index (χ1) is 6.41. The van der Waals surface area contributed by atoms with Gasteiger partial charge in [0, 0.05) is 5.88 Å². The van der Waals surface area contributed by atoms with Crippen LogP contribution in [-0.2, 0) is 0 Å². The number of halogens is 1. The van der Waals surface area contributed by atoms with Crippen LogP contribution in [0.5, 0.6) is 0 Å². The third-order valence-corrected chi connectivity index (χ3v) is 2.46. The van der Waals surface area contributed by atoms with Gasteiger partial charge in [0.1, 0.15) is 0 Å². The smallest absolute Gasteiger partial charge is 0.0223 e. The molecule has 0 aromatic heterocycles. The highest BCUT2D eigenvalue weighted by molar-refractivity contribution is 6.17. The topological polar surface area (TPSA) is 12.0 Å². The van der Waals surface area contributed by atoms with E-state index in [0.29, 0.717) is 0 Å². The molecular weight excluding hydrogens is 182 g/mol. The van der Waals surface area contributed by atoms with Crippen LogP contribution < -0.4 is 5.32 Å². The molecule has 0 bridgehead atoms. The van der Waals surface area contributed by atoms with E-state index in [1.165, 1.54) is 58.0 Å². The van der Waals surface area contributed by atoms with Crippen molar-refractivity contribution >= 4 is 11.6 Å². The summed E-state index contributed by atoms with van der Waals surface area (Å²) >= 11 is 5.58. The molecule has 0 rings (SSSR count). The second-order valence-corrected chi connectivity index (χ2v) is 3.94. The second-order valence-electron chi connectivity index (χ2n) is 3.56. The zero-order valence-electron chi connectivity index (χ0n) is 8.95. The number of alkyl halides is 1. The summed E-state index contributed by atoms with van der Waals surface area (Å²) in [5, 5.41) is 3.46. The van der Waals surface area contributed by atoms with Crippen LogP contribution >= 0.6 is 11.6 Å². The molecule has 0 saturated heterocycles. The molecular formula is C11H24ClN. The van der Waals surface area contributed by atoms with E-state index in [1.807, 2.05) is 0 Å². The Hall–Kier alpha value is 0.250. The molecule has 0 unspecified atom stereocenters. The maximum Gasteiger partial charge on any atom is 0.0223 e. The molecule has 0 aliphatic rings. The molecule has 1 nitrogen and oxygen atoms in total. The minimum Gasteiger partial charge on any atom is -0.317 e. The molecule has 0 saturated carbocycles. The summed E-state index contributed by atoms with van der Waals surface area (Å²) in [7, 11) is 0. The van der Waals surface area contributed by atoms with Crippen molar-refractivity contribution in [3.8, 4) is 0 Å². The van der Waals surface area contributed by atoms with Gasteiger partial charge in [0.25, 0.3) is 0 Å². The lowest BCUT2D eigenvalue weighted by Gasteiger charge is -2.03. The zero-order chi connectivity index (χ0) is 9.78. The SMILES string of the molecule is CCCCCNCCCCCCCl. The fourth-order valence-electron chi connectivity index (χ4n) is 1.32. The maximum atomic E-state index is 5.58. The highest BCUT2D eigenvalue weighted by atomic mass is 35.5. The van der Waals surface area contributed by atoms with E-state index < -0.39 is 0 Å². The Labute approximate surface area is 88.2 Å². The van der Waals surface area contributed by atoms with E-state index in [4.69, 9.17) is 11.6 Å². The molecule has 0 fully saturated rings. The van der Waals surface area contributed by atoms with E-state index >= 15 is 0 Å². The van der Waals surface area contributed by atoms with Crippen molar-refractivity contribution in [1.82, 2.24) is 5.32 Å². The third-order valence-electron chi connectivity index (χ3n) is 2.19. The largest absolute Gasteiger partial charge is 0.317 e. The first kappa shape index (κ1) is 13.2. The molecule has 0 aliphatic carbocycles. The molecule has 0 spiro atoms. The van der Waals surface area contributed by atoms with E-state index in [-0.39, 0.29) is 0 Å². The van der Waals surface area contributed by atoms with Gasteiger partial charge in [-0.05, 0) is 32.4 Å². The maximum absolute atomic E-state index is 5.58. The van der Waals surface area contributed by atoms with Gasteiger partial charge in [0.2, 0.25) is 0 Å². The van der Waals surface area contributed by atoms with Crippen LogP contribution in [0.2, 0.25) is 0 Å². The van der Waals surface area contributed by atoms with Gasteiger partial charge in [0.05, 0.1) is 0 Å². The average Bonchev–Trinajstić information content (AvgIpc) is 2.16. The molecule has 0 radical (unpaired) electrons. The van der Waals surface area contributed by atoms with Crippen LogP contribution in [0.4, 0.5) is 0 Å². The zero-order valence-corrected chi connectivity index (χ0v) is 9.70. The molecule has 0 aliphatic heterocycles. The molecule has 80 valence electrons. The van der Waals surface area contributed by atoms with Gasteiger partial charge in [-0.1, -0.05) is 32.6 Å². The van der Waals surface area contributed by atoms with Crippen molar-refractivity contribution in [3.05, 3.63) is 0 Å². The van der Waals surface area contributed by atoms with Gasteiger partial charge < -0.3 is 5.32 Å². The Morgan fingerprint density at radius 2 is 1.46 bits per heavy atom. The standard InChI is InChI=1S/C11H24ClN/c1-2-3-7-10-13-11-8-5-4-6-9-12/h13H,2-11H2,1H3. The third kappa shape index (κ3) is 12.2. The van der Waals surface area contributed by atoms with Crippen LogP contribution in [0.1, 0.15) is 51.9 Å². The van der Waals surface area contributed by atoms with Crippen LogP contribution in [0.3, 0.4) is 0 Å². The van der Waals surface area contributed by atoms with Crippen LogP contribution in [0, 0.1) is 0 Å². The molecule has 2 heteroatoms. The number of nitrogens with one attached hydrogen (secondary N) is 1. The molecule has 0 aromatic rings. The first-order valence-electron chi connectivity index (χ1n) is 5.68. The summed E-state index contributed by atoms with van der Waals surface area (Å²) in [5.74, 6) is 0.823. The number of rotatable bonds is 10. The van der Waals surface area contributed by atoms with Gasteiger partial charge in [-0.25, -0.2) is 0 Å². The summed E-state index contributed by atoms with van der Waals surface area (Å²) in [4.78, 5) is 0. The predicted molar refractivity (Wildman–Crippen MR) is 61.6 cm³/mol. The Kier molecular flexibility index (Phi) is 12.5. The summed E-state index contributed by atoms with van der Waals surface area (Å²) < 4.78 is 0. The normalized spacial score (nSPS) is 10.6. The number of unbranched alkanes of at least 4 members (excludes halogenated alkanes) is 5. The lowest BCUT2D eigenvalue weighted by Crippen LogP contribution is -2.16. The monoisotopic (exact) mass is 205 g/mol. The van der Waals surface area contributed by atoms with E-state index in [2.05, 4.69) is 12.2 Å². The Morgan fingerprint density at radius 1 is 0.846 bits per heavy atom. The highest BCUT2D eigenvalue weighted by Gasteiger charge is 1.89. The second kappa shape index (κ2) is 12.2. The minimum atomic E-state index is 0.823. The fourth-order valence-corrected chi connectivity index (χ4v) is 1.51. The highest BCUT2D eigenvalue weighted by Crippen LogP contribution is 2.00. The lowest BCUT2D eigenvalue weighted by molar-refractivity contribution is 0.573. The number of hydrogen-bond acceptors (Lipinski definition) is 1. The van der Waals surface area contributed by atoms with Crippen LogP contribution in [0.15, 0.2) is 0 Å². The molecule has 13 heavy (non-hydrogen) atoms. The molecule has 0 atom stereocenters. The van der Waals surface area contributed by atoms with E-state index in [9.17, 15) is 0 Å². The predicted octanol–water partition coefficient (Wildman–Crippen LogP) is 3.57. The van der Waals surface area contributed by atoms with Gasteiger partial charge in [-0.2, -0.15) is 0 Å². The van der Waals surface area contributed by atoms with Crippen molar-refractivity contribution in [1.29, 1.82) is 0 Å². The first-order valence-corrected chi connectivity index (χ1v) is 6.22. The number of hydrogen-bond donors (Lipinski definition) is 1. The van der Waals surface area contributed by atoms with Crippen molar-refractivity contribution in [2.24, 2.45) is 0 Å². The quantitative estimate of drug-likeness (QED) is 0.425. The van der Waals surface area contributed by atoms with E-state index in [1.54, 1.807) is 0 Å². The molecule has 1 N–H and O–H groups in total. The Balaban J connectivity index is 2.76. The molecule has 0 amide bonds. The van der Waals surface area contributed by atoms with Crippen LogP contribution in [0.25, 0.3) is 0 Å². The minimum absolute atomic E-state index is 0.823. The fraction of sp³-hybridized carbons (Fsp3) is 1.00. The summed E-state index contributed by atoms with van der Waals surface area (Å²) in [6.07, 6.45) is 9.11.